The average molecular weight is 346 g/mol. The van der Waals surface area contributed by atoms with Crippen molar-refractivity contribution >= 4 is 40.2 Å². The van der Waals surface area contributed by atoms with Gasteiger partial charge in [0, 0.05) is 20.9 Å². The van der Waals surface area contributed by atoms with Gasteiger partial charge in [0.25, 0.3) is 0 Å². The van der Waals surface area contributed by atoms with Crippen molar-refractivity contribution in [2.75, 3.05) is 0 Å². The van der Waals surface area contributed by atoms with Gasteiger partial charge < -0.3 is 9.67 Å². The molecule has 118 valence electrons. The molecule has 0 aliphatic heterocycles. The molecule has 2 aromatic carbocycles. The summed E-state index contributed by atoms with van der Waals surface area (Å²) in [4.78, 5) is 13.3. The van der Waals surface area contributed by atoms with Crippen LogP contribution in [0.4, 0.5) is 0 Å². The SMILES string of the molecule is Cc1cccc2c1c(Sc1ccccc1Cl)c(C)n2CC(=O)O. The molecule has 0 atom stereocenters. The standard InChI is InChI=1S/C18H16ClNO2S/c1-11-6-5-8-14-17(11)18(12(2)20(14)10-16(21)22)23-15-9-4-3-7-13(15)19/h3-9H,10H2,1-2H3,(H,21,22). The zero-order chi connectivity index (χ0) is 16.6. The van der Waals surface area contributed by atoms with Crippen LogP contribution in [0.3, 0.4) is 0 Å². The second-order valence-electron chi connectivity index (χ2n) is 5.40. The Hall–Kier alpha value is -1.91. The Kier molecular flexibility index (Phi) is 4.37. The zero-order valence-electron chi connectivity index (χ0n) is 12.8. The summed E-state index contributed by atoms with van der Waals surface area (Å²) in [5, 5.41) is 11.0. The first-order chi connectivity index (χ1) is 11.0. The number of rotatable bonds is 4. The summed E-state index contributed by atoms with van der Waals surface area (Å²) in [6, 6.07) is 13.7. The summed E-state index contributed by atoms with van der Waals surface area (Å²) in [7, 11) is 0. The summed E-state index contributed by atoms with van der Waals surface area (Å²) >= 11 is 7.87. The largest absolute Gasteiger partial charge is 0.480 e. The van der Waals surface area contributed by atoms with Gasteiger partial charge in [0.1, 0.15) is 6.54 Å². The van der Waals surface area contributed by atoms with E-state index >= 15 is 0 Å². The predicted molar refractivity (Wildman–Crippen MR) is 94.6 cm³/mol. The minimum Gasteiger partial charge on any atom is -0.480 e. The van der Waals surface area contributed by atoms with Crippen molar-refractivity contribution in [2.24, 2.45) is 0 Å². The quantitative estimate of drug-likeness (QED) is 0.711. The number of carboxylic acid groups (broad SMARTS) is 1. The number of aromatic nitrogens is 1. The Morgan fingerprint density at radius 2 is 1.91 bits per heavy atom. The van der Waals surface area contributed by atoms with Crippen LogP contribution in [0.1, 0.15) is 11.3 Å². The Bertz CT molecular complexity index is 901. The number of carbonyl (C=O) groups is 1. The number of fused-ring (bicyclic) bond motifs is 1. The molecule has 0 aliphatic carbocycles. The molecule has 0 aliphatic rings. The van der Waals surface area contributed by atoms with Crippen molar-refractivity contribution in [3.05, 3.63) is 58.7 Å². The fraction of sp³-hybridized carbons (Fsp3) is 0.167. The van der Waals surface area contributed by atoms with Crippen LogP contribution >= 0.6 is 23.4 Å². The molecule has 5 heteroatoms. The van der Waals surface area contributed by atoms with E-state index in [-0.39, 0.29) is 6.54 Å². The van der Waals surface area contributed by atoms with Crippen molar-refractivity contribution < 1.29 is 9.90 Å². The van der Waals surface area contributed by atoms with Gasteiger partial charge in [0.05, 0.1) is 10.5 Å². The maximum absolute atomic E-state index is 11.2. The number of benzene rings is 2. The molecule has 0 amide bonds. The van der Waals surface area contributed by atoms with Crippen molar-refractivity contribution in [1.82, 2.24) is 4.57 Å². The fourth-order valence-corrected chi connectivity index (χ4v) is 4.17. The van der Waals surface area contributed by atoms with Crippen molar-refractivity contribution in [3.8, 4) is 0 Å². The molecular formula is C18H16ClNO2S. The Morgan fingerprint density at radius 1 is 1.17 bits per heavy atom. The lowest BCUT2D eigenvalue weighted by Gasteiger charge is -2.06. The monoisotopic (exact) mass is 345 g/mol. The summed E-state index contributed by atoms with van der Waals surface area (Å²) in [5.74, 6) is -0.846. The van der Waals surface area contributed by atoms with Crippen LogP contribution < -0.4 is 0 Å². The third kappa shape index (κ3) is 2.96. The molecule has 0 bridgehead atoms. The topological polar surface area (TPSA) is 42.2 Å². The highest BCUT2D eigenvalue weighted by molar-refractivity contribution is 7.99. The highest BCUT2D eigenvalue weighted by Crippen LogP contribution is 2.41. The van der Waals surface area contributed by atoms with E-state index in [1.807, 2.05) is 60.9 Å². The van der Waals surface area contributed by atoms with E-state index in [4.69, 9.17) is 11.6 Å². The minimum atomic E-state index is -0.846. The lowest BCUT2D eigenvalue weighted by Crippen LogP contribution is -2.09. The van der Waals surface area contributed by atoms with Crippen LogP contribution in [0, 0.1) is 13.8 Å². The van der Waals surface area contributed by atoms with Gasteiger partial charge in [-0.25, -0.2) is 0 Å². The third-order valence-corrected chi connectivity index (χ3v) is 5.57. The van der Waals surface area contributed by atoms with Gasteiger partial charge in [-0.3, -0.25) is 4.79 Å². The van der Waals surface area contributed by atoms with Crippen LogP contribution in [-0.2, 0) is 11.3 Å². The van der Waals surface area contributed by atoms with Crippen molar-refractivity contribution in [2.45, 2.75) is 30.2 Å². The number of halogens is 1. The molecule has 3 aromatic rings. The molecule has 3 rings (SSSR count). The molecule has 23 heavy (non-hydrogen) atoms. The van der Waals surface area contributed by atoms with E-state index in [0.29, 0.717) is 5.02 Å². The fourth-order valence-electron chi connectivity index (χ4n) is 2.76. The van der Waals surface area contributed by atoms with Crippen molar-refractivity contribution in [1.29, 1.82) is 0 Å². The predicted octanol–water partition coefficient (Wildman–Crippen LogP) is 5.15. The smallest absolute Gasteiger partial charge is 0.323 e. The van der Waals surface area contributed by atoms with Gasteiger partial charge in [-0.05, 0) is 37.6 Å². The molecular weight excluding hydrogens is 330 g/mol. The number of aliphatic carboxylic acids is 1. The van der Waals surface area contributed by atoms with Gasteiger partial charge in [0.15, 0.2) is 0 Å². The Labute approximate surface area is 143 Å². The Morgan fingerprint density at radius 3 is 2.61 bits per heavy atom. The average Bonchev–Trinajstić information content (AvgIpc) is 2.76. The lowest BCUT2D eigenvalue weighted by molar-refractivity contribution is -0.137. The van der Waals surface area contributed by atoms with Gasteiger partial charge in [-0.2, -0.15) is 0 Å². The van der Waals surface area contributed by atoms with Gasteiger partial charge >= 0.3 is 5.97 Å². The van der Waals surface area contributed by atoms with Gasteiger partial charge in [0.2, 0.25) is 0 Å². The number of nitrogens with zero attached hydrogens (tertiary/aromatic N) is 1. The van der Waals surface area contributed by atoms with Crippen LogP contribution in [0.5, 0.6) is 0 Å². The van der Waals surface area contributed by atoms with Gasteiger partial charge in [-0.1, -0.05) is 47.6 Å². The van der Waals surface area contributed by atoms with E-state index in [1.165, 1.54) is 0 Å². The Balaban J connectivity index is 2.22. The second kappa shape index (κ2) is 6.30. The highest BCUT2D eigenvalue weighted by atomic mass is 35.5. The normalized spacial score (nSPS) is 11.1. The molecule has 0 unspecified atom stereocenters. The van der Waals surface area contributed by atoms with E-state index in [0.717, 1.165) is 32.0 Å². The van der Waals surface area contributed by atoms with Crippen molar-refractivity contribution in [3.63, 3.8) is 0 Å². The van der Waals surface area contributed by atoms with Crippen LogP contribution in [0.15, 0.2) is 52.3 Å². The first kappa shape index (κ1) is 16.0. The maximum Gasteiger partial charge on any atom is 0.323 e. The summed E-state index contributed by atoms with van der Waals surface area (Å²) in [6.45, 7) is 3.96. The number of hydrogen-bond donors (Lipinski definition) is 1. The first-order valence-corrected chi connectivity index (χ1v) is 8.41. The van der Waals surface area contributed by atoms with Crippen LogP contribution in [0.25, 0.3) is 10.9 Å². The molecule has 3 nitrogen and oxygen atoms in total. The number of hydrogen-bond acceptors (Lipinski definition) is 2. The lowest BCUT2D eigenvalue weighted by atomic mass is 10.1. The molecule has 0 fully saturated rings. The highest BCUT2D eigenvalue weighted by Gasteiger charge is 2.18. The van der Waals surface area contributed by atoms with Crippen LogP contribution in [-0.4, -0.2) is 15.6 Å². The van der Waals surface area contributed by atoms with E-state index < -0.39 is 5.97 Å². The minimum absolute atomic E-state index is 0.0468. The molecule has 1 heterocycles. The van der Waals surface area contributed by atoms with E-state index in [1.54, 1.807) is 11.8 Å². The molecule has 1 aromatic heterocycles. The summed E-state index contributed by atoms with van der Waals surface area (Å²) in [6.07, 6.45) is 0. The van der Waals surface area contributed by atoms with E-state index in [9.17, 15) is 9.90 Å². The van der Waals surface area contributed by atoms with Gasteiger partial charge in [-0.15, -0.1) is 0 Å². The number of aryl methyl sites for hydroxylation is 1. The summed E-state index contributed by atoms with van der Waals surface area (Å²) in [5.41, 5.74) is 3.02. The maximum atomic E-state index is 11.2. The molecule has 0 saturated carbocycles. The number of carboxylic acids is 1. The molecule has 0 spiro atoms. The van der Waals surface area contributed by atoms with E-state index in [2.05, 4.69) is 0 Å². The third-order valence-electron chi connectivity index (χ3n) is 3.84. The zero-order valence-corrected chi connectivity index (χ0v) is 14.4. The summed E-state index contributed by atoms with van der Waals surface area (Å²) < 4.78 is 1.85. The van der Waals surface area contributed by atoms with Crippen LogP contribution in [0.2, 0.25) is 5.02 Å². The molecule has 1 N–H and O–H groups in total. The first-order valence-electron chi connectivity index (χ1n) is 7.21. The second-order valence-corrected chi connectivity index (χ2v) is 6.86. The molecule has 0 saturated heterocycles. The molecule has 0 radical (unpaired) electrons.